The van der Waals surface area contributed by atoms with Gasteiger partial charge in [0.25, 0.3) is 0 Å². The predicted molar refractivity (Wildman–Crippen MR) is 27.7 cm³/mol. The highest BCUT2D eigenvalue weighted by Crippen LogP contribution is 2.14. The van der Waals surface area contributed by atoms with E-state index in [9.17, 15) is 0 Å². The number of rotatable bonds is 0. The SMILES string of the molecule is CC1=CS[C]N1. The second kappa shape index (κ2) is 1.56. The Bertz CT molecular complexity index is 77.6. The fourth-order valence-corrected chi connectivity index (χ4v) is 0.772. The van der Waals surface area contributed by atoms with Crippen molar-refractivity contribution < 1.29 is 0 Å². The fourth-order valence-electron chi connectivity index (χ4n) is 0.257. The molecule has 6 heavy (non-hydrogen) atoms. The fraction of sp³-hybridized carbons (Fsp3) is 0.250. The Hall–Kier alpha value is -0.110. The average Bonchev–Trinajstić information content (AvgIpc) is 1.86. The minimum Gasteiger partial charge on any atom is -0.368 e. The molecule has 32 valence electrons. The molecule has 0 atom stereocenters. The number of thioether (sulfide) groups is 1. The van der Waals surface area contributed by atoms with E-state index in [1.807, 2.05) is 12.3 Å². The summed E-state index contributed by atoms with van der Waals surface area (Å²) >= 11 is 1.56. The molecule has 1 heterocycles. The minimum atomic E-state index is 1.18. The second-order valence-electron chi connectivity index (χ2n) is 1.15. The van der Waals surface area contributed by atoms with E-state index < -0.39 is 0 Å². The first-order valence-corrected chi connectivity index (χ1v) is 2.61. The van der Waals surface area contributed by atoms with Gasteiger partial charge in [0, 0.05) is 5.70 Å². The van der Waals surface area contributed by atoms with Crippen LogP contribution >= 0.6 is 11.8 Å². The summed E-state index contributed by atoms with van der Waals surface area (Å²) in [5.74, 6) is 2.85. The van der Waals surface area contributed by atoms with Gasteiger partial charge in [-0.25, -0.2) is 0 Å². The molecule has 0 aromatic carbocycles. The van der Waals surface area contributed by atoms with Crippen LogP contribution in [0.2, 0.25) is 0 Å². The van der Waals surface area contributed by atoms with Crippen LogP contribution in [0.5, 0.6) is 0 Å². The first kappa shape index (κ1) is 4.06. The third-order valence-corrected chi connectivity index (χ3v) is 1.23. The number of hydrogen-bond acceptors (Lipinski definition) is 2. The Labute approximate surface area is 41.8 Å². The Morgan fingerprint density at radius 2 is 2.83 bits per heavy atom. The Kier molecular flexibility index (Phi) is 1.05. The van der Waals surface area contributed by atoms with Crippen molar-refractivity contribution in [1.29, 1.82) is 0 Å². The average molecular weight is 99.2 g/mol. The van der Waals surface area contributed by atoms with Gasteiger partial charge in [-0.2, -0.15) is 0 Å². The molecule has 0 aromatic rings. The van der Waals surface area contributed by atoms with Gasteiger partial charge in [0.1, 0.15) is 0 Å². The van der Waals surface area contributed by atoms with E-state index in [0.29, 0.717) is 0 Å². The molecule has 0 aliphatic carbocycles. The Balaban J connectivity index is 2.45. The van der Waals surface area contributed by atoms with Gasteiger partial charge >= 0.3 is 0 Å². The van der Waals surface area contributed by atoms with Gasteiger partial charge in [0.2, 0.25) is 0 Å². The molecule has 0 saturated carbocycles. The van der Waals surface area contributed by atoms with Crippen LogP contribution in [-0.4, -0.2) is 0 Å². The number of hydrogen-bond donors (Lipinski definition) is 1. The molecular formula is C4H5NS. The quantitative estimate of drug-likeness (QED) is 0.489. The first-order valence-electron chi connectivity index (χ1n) is 1.73. The maximum Gasteiger partial charge on any atom is 0.160 e. The van der Waals surface area contributed by atoms with E-state index in [-0.39, 0.29) is 0 Å². The largest absolute Gasteiger partial charge is 0.368 e. The van der Waals surface area contributed by atoms with Crippen LogP contribution < -0.4 is 5.32 Å². The highest BCUT2D eigenvalue weighted by Gasteiger charge is 1.95. The van der Waals surface area contributed by atoms with Gasteiger partial charge in [-0.05, 0) is 12.3 Å². The lowest BCUT2D eigenvalue weighted by atomic mass is 10.6. The molecule has 0 saturated heterocycles. The normalized spacial score (nSPS) is 19.8. The summed E-state index contributed by atoms with van der Waals surface area (Å²) in [4.78, 5) is 0. The maximum atomic E-state index is 2.89. The van der Waals surface area contributed by atoms with Crippen LogP contribution in [0.3, 0.4) is 0 Å². The molecule has 1 N–H and O–H groups in total. The second-order valence-corrected chi connectivity index (χ2v) is 1.82. The monoisotopic (exact) mass is 99.0 g/mol. The van der Waals surface area contributed by atoms with E-state index in [4.69, 9.17) is 0 Å². The molecule has 1 nitrogen and oxygen atoms in total. The number of nitrogens with one attached hydrogen (secondary N) is 1. The summed E-state index contributed by atoms with van der Waals surface area (Å²) in [5, 5.41) is 4.91. The lowest BCUT2D eigenvalue weighted by Crippen LogP contribution is -1.96. The molecule has 1 aliphatic heterocycles. The van der Waals surface area contributed by atoms with Crippen LogP contribution in [0.1, 0.15) is 6.92 Å². The molecule has 1 aliphatic rings. The lowest BCUT2D eigenvalue weighted by Gasteiger charge is -1.85. The van der Waals surface area contributed by atoms with Gasteiger partial charge in [0.05, 0.1) is 0 Å². The highest BCUT2D eigenvalue weighted by atomic mass is 32.2. The molecule has 0 spiro atoms. The molecule has 0 unspecified atom stereocenters. The van der Waals surface area contributed by atoms with Crippen molar-refractivity contribution in [2.24, 2.45) is 0 Å². The van der Waals surface area contributed by atoms with Gasteiger partial charge in [-0.3, -0.25) is 0 Å². The third-order valence-electron chi connectivity index (χ3n) is 0.543. The predicted octanol–water partition coefficient (Wildman–Crippen LogP) is 1.18. The molecular weight excluding hydrogens is 94.1 g/mol. The van der Waals surface area contributed by atoms with Crippen molar-refractivity contribution in [3.8, 4) is 0 Å². The van der Waals surface area contributed by atoms with Crippen molar-refractivity contribution in [2.75, 3.05) is 0 Å². The molecule has 0 amide bonds. The lowest BCUT2D eigenvalue weighted by molar-refractivity contribution is 1.06. The first-order chi connectivity index (χ1) is 2.89. The molecule has 0 bridgehead atoms. The Morgan fingerprint density at radius 1 is 2.00 bits per heavy atom. The third kappa shape index (κ3) is 0.684. The Morgan fingerprint density at radius 3 is 3.00 bits per heavy atom. The molecule has 0 aromatic heterocycles. The van der Waals surface area contributed by atoms with Crippen LogP contribution in [0.25, 0.3) is 0 Å². The summed E-state index contributed by atoms with van der Waals surface area (Å²) < 4.78 is 0. The van der Waals surface area contributed by atoms with Crippen molar-refractivity contribution in [1.82, 2.24) is 5.32 Å². The van der Waals surface area contributed by atoms with E-state index in [0.717, 1.165) is 0 Å². The topological polar surface area (TPSA) is 12.0 Å². The van der Waals surface area contributed by atoms with E-state index >= 15 is 0 Å². The van der Waals surface area contributed by atoms with Gasteiger partial charge in [-0.15, -0.1) is 0 Å². The van der Waals surface area contributed by atoms with Crippen molar-refractivity contribution in [3.63, 3.8) is 0 Å². The summed E-state index contributed by atoms with van der Waals surface area (Å²) in [6.07, 6.45) is 0. The van der Waals surface area contributed by atoms with Crippen LogP contribution in [0.4, 0.5) is 0 Å². The summed E-state index contributed by atoms with van der Waals surface area (Å²) in [6.45, 7) is 2.01. The molecule has 2 heteroatoms. The minimum absolute atomic E-state index is 1.18. The highest BCUT2D eigenvalue weighted by molar-refractivity contribution is 8.04. The van der Waals surface area contributed by atoms with E-state index in [2.05, 4.69) is 11.2 Å². The molecule has 2 radical (unpaired) electrons. The summed E-state index contributed by atoms with van der Waals surface area (Å²) in [6, 6.07) is 0. The van der Waals surface area contributed by atoms with Gasteiger partial charge in [0.15, 0.2) is 5.88 Å². The zero-order chi connectivity index (χ0) is 4.41. The van der Waals surface area contributed by atoms with Crippen molar-refractivity contribution >= 4 is 11.8 Å². The zero-order valence-electron chi connectivity index (χ0n) is 3.49. The van der Waals surface area contributed by atoms with Gasteiger partial charge < -0.3 is 5.32 Å². The summed E-state index contributed by atoms with van der Waals surface area (Å²) in [7, 11) is 0. The maximum absolute atomic E-state index is 2.89. The zero-order valence-corrected chi connectivity index (χ0v) is 4.30. The van der Waals surface area contributed by atoms with Crippen molar-refractivity contribution in [2.45, 2.75) is 6.92 Å². The van der Waals surface area contributed by atoms with Crippen molar-refractivity contribution in [3.05, 3.63) is 17.0 Å². The summed E-state index contributed by atoms with van der Waals surface area (Å²) in [5.41, 5.74) is 1.18. The molecule has 1 rings (SSSR count). The smallest absolute Gasteiger partial charge is 0.160 e. The van der Waals surface area contributed by atoms with Crippen LogP contribution in [0, 0.1) is 5.88 Å². The van der Waals surface area contributed by atoms with Crippen LogP contribution in [0.15, 0.2) is 11.1 Å². The number of allylic oxidation sites excluding steroid dienone is 1. The van der Waals surface area contributed by atoms with Crippen LogP contribution in [-0.2, 0) is 0 Å². The van der Waals surface area contributed by atoms with E-state index in [1.54, 1.807) is 11.8 Å². The standard InChI is InChI=1S/C4H5NS/c1-4-2-6-3-5-4/h2,5H,1H3. The molecule has 0 fully saturated rings. The van der Waals surface area contributed by atoms with Gasteiger partial charge in [-0.1, -0.05) is 11.8 Å². The van der Waals surface area contributed by atoms with E-state index in [1.165, 1.54) is 5.70 Å².